The highest BCUT2D eigenvalue weighted by Gasteiger charge is 2.49. The number of rotatable bonds is 8. The van der Waals surface area contributed by atoms with E-state index in [1.54, 1.807) is 0 Å². The first-order valence-electron chi connectivity index (χ1n) is 9.73. The van der Waals surface area contributed by atoms with Crippen LogP contribution in [0.1, 0.15) is 13.2 Å². The predicted octanol–water partition coefficient (Wildman–Crippen LogP) is -3.27. The van der Waals surface area contributed by atoms with Gasteiger partial charge < -0.3 is 45.4 Å². The highest BCUT2D eigenvalue weighted by Crippen LogP contribution is 2.61. The number of aliphatic hydroxyl groups is 4. The van der Waals surface area contributed by atoms with Gasteiger partial charge in [-0.25, -0.2) is 13.9 Å². The summed E-state index contributed by atoms with van der Waals surface area (Å²) in [6.45, 7) is 0.173. The standard InChI is InChI=1S/C15H23N3O15P2/c1-5-8(19)10(21)12(23)14(30-5)32-35(27,28)33-34(25,26)29-4-6-9(20)11(22)13(31-6)18-3-2-7(16)17-15(18)24/h2-3,5-6,9-14,20-23H,4H2,1H3,(H,25,26)(H,27,28)(H2,16,17,24)/t5-,6-,9-,10+,11-,12-,13-,14?/m1/s1. The van der Waals surface area contributed by atoms with Gasteiger partial charge in [0.1, 0.15) is 42.4 Å². The van der Waals surface area contributed by atoms with Gasteiger partial charge in [-0.2, -0.15) is 9.29 Å². The van der Waals surface area contributed by atoms with Crippen LogP contribution in [0, 0.1) is 0 Å². The second-order valence-corrected chi connectivity index (χ2v) is 10.5. The number of carbonyl (C=O) groups is 1. The molecule has 1 aromatic rings. The molecule has 2 aliphatic heterocycles. The van der Waals surface area contributed by atoms with E-state index in [4.69, 9.17) is 15.2 Å². The molecule has 198 valence electrons. The number of hydrogen-bond acceptors (Lipinski definition) is 15. The first-order chi connectivity index (χ1) is 16.1. The summed E-state index contributed by atoms with van der Waals surface area (Å²) < 4.78 is 48.2. The lowest BCUT2D eigenvalue weighted by Crippen LogP contribution is -2.54. The van der Waals surface area contributed by atoms with Crippen molar-refractivity contribution in [2.45, 2.75) is 56.1 Å². The van der Waals surface area contributed by atoms with Crippen molar-refractivity contribution in [1.29, 1.82) is 0 Å². The second kappa shape index (κ2) is 10.4. The lowest BCUT2D eigenvalue weighted by Gasteiger charge is -2.34. The number of Topliss-reactive ketones (excluding diaryl/α,β-unsaturated/α-hetero) is 1. The third-order valence-corrected chi connectivity index (χ3v) is 7.54. The Balaban J connectivity index is 1.61. The van der Waals surface area contributed by atoms with Gasteiger partial charge >= 0.3 is 21.3 Å². The van der Waals surface area contributed by atoms with E-state index in [2.05, 4.69) is 18.3 Å². The van der Waals surface area contributed by atoms with Crippen LogP contribution in [0.4, 0.5) is 5.82 Å². The molecule has 10 atom stereocenters. The van der Waals surface area contributed by atoms with E-state index < -0.39 is 82.9 Å². The van der Waals surface area contributed by atoms with Crippen LogP contribution in [0.2, 0.25) is 0 Å². The molecule has 2 aliphatic rings. The molecule has 1 aromatic heterocycles. The number of aliphatic hydroxyl groups excluding tert-OH is 4. The van der Waals surface area contributed by atoms with E-state index in [-0.39, 0.29) is 5.82 Å². The number of ketones is 1. The van der Waals surface area contributed by atoms with Gasteiger partial charge in [0.05, 0.1) is 6.61 Å². The molecule has 0 saturated carbocycles. The molecule has 2 fully saturated rings. The summed E-state index contributed by atoms with van der Waals surface area (Å²) in [4.78, 5) is 46.4. The number of nitrogen functional groups attached to an aromatic ring is 1. The minimum absolute atomic E-state index is 0.116. The van der Waals surface area contributed by atoms with Gasteiger partial charge in [0.2, 0.25) is 0 Å². The number of phosphoric ester groups is 2. The SMILES string of the molecule is C[C@H]1OC(OP(=O)(O)OP(=O)(O)OC[C@H]2O[C@@H](n3ccc(N)nc3=O)[C@H](O)[C@@H]2O)[C@H](O)[C@@H](O)C1=O. The maximum absolute atomic E-state index is 12.1. The number of ether oxygens (including phenoxy) is 2. The third-order valence-electron chi connectivity index (χ3n) is 4.94. The van der Waals surface area contributed by atoms with E-state index in [0.29, 0.717) is 0 Å². The van der Waals surface area contributed by atoms with E-state index >= 15 is 0 Å². The molecule has 3 heterocycles. The first-order valence-corrected chi connectivity index (χ1v) is 12.7. The molecule has 8 N–H and O–H groups in total. The molecule has 0 aromatic carbocycles. The maximum Gasteiger partial charge on any atom is 0.483 e. The van der Waals surface area contributed by atoms with Crippen molar-refractivity contribution in [2.75, 3.05) is 12.3 Å². The molecule has 0 bridgehead atoms. The summed E-state index contributed by atoms with van der Waals surface area (Å²) in [6.07, 6.45) is -12.9. The molecule has 20 heteroatoms. The Morgan fingerprint density at radius 2 is 1.74 bits per heavy atom. The van der Waals surface area contributed by atoms with Gasteiger partial charge in [0, 0.05) is 6.20 Å². The van der Waals surface area contributed by atoms with Crippen molar-refractivity contribution in [3.63, 3.8) is 0 Å². The third kappa shape index (κ3) is 6.39. The average Bonchev–Trinajstić information content (AvgIpc) is 3.02. The Bertz CT molecular complexity index is 1100. The lowest BCUT2D eigenvalue weighted by molar-refractivity contribution is -0.226. The summed E-state index contributed by atoms with van der Waals surface area (Å²) >= 11 is 0. The first kappa shape index (κ1) is 27.9. The van der Waals surface area contributed by atoms with Gasteiger partial charge in [-0.1, -0.05) is 0 Å². The minimum Gasteiger partial charge on any atom is -0.387 e. The van der Waals surface area contributed by atoms with Crippen molar-refractivity contribution < 1.29 is 67.0 Å². The van der Waals surface area contributed by atoms with E-state index in [1.165, 1.54) is 6.07 Å². The minimum atomic E-state index is -5.52. The van der Waals surface area contributed by atoms with E-state index in [1.807, 2.05) is 0 Å². The molecular weight excluding hydrogens is 524 g/mol. The second-order valence-electron chi connectivity index (χ2n) is 7.49. The largest absolute Gasteiger partial charge is 0.483 e. The number of carbonyl (C=O) groups excluding carboxylic acids is 1. The van der Waals surface area contributed by atoms with Crippen LogP contribution in [-0.4, -0.2) is 95.1 Å². The van der Waals surface area contributed by atoms with E-state index in [0.717, 1.165) is 17.7 Å². The molecule has 0 radical (unpaired) electrons. The van der Waals surface area contributed by atoms with Crippen LogP contribution in [-0.2, 0) is 36.8 Å². The Kier molecular flexibility index (Phi) is 8.30. The Morgan fingerprint density at radius 3 is 2.37 bits per heavy atom. The van der Waals surface area contributed by atoms with Crippen molar-refractivity contribution in [2.24, 2.45) is 0 Å². The molecular formula is C15H23N3O15P2. The molecule has 35 heavy (non-hydrogen) atoms. The maximum atomic E-state index is 12.1. The number of aromatic nitrogens is 2. The zero-order chi connectivity index (χ0) is 26.3. The van der Waals surface area contributed by atoms with Gasteiger partial charge in [0.25, 0.3) is 0 Å². The van der Waals surface area contributed by atoms with Crippen LogP contribution in [0.3, 0.4) is 0 Å². The number of phosphoric acid groups is 2. The smallest absolute Gasteiger partial charge is 0.387 e. The zero-order valence-corrected chi connectivity index (χ0v) is 19.5. The highest BCUT2D eigenvalue weighted by molar-refractivity contribution is 7.61. The molecule has 0 amide bonds. The lowest BCUT2D eigenvalue weighted by atomic mass is 10.0. The number of anilines is 1. The fourth-order valence-electron chi connectivity index (χ4n) is 3.18. The summed E-state index contributed by atoms with van der Waals surface area (Å²) in [7, 11) is -10.9. The summed E-state index contributed by atoms with van der Waals surface area (Å²) in [6, 6.07) is 1.21. The molecule has 3 unspecified atom stereocenters. The molecule has 18 nitrogen and oxygen atoms in total. The number of nitrogens with zero attached hydrogens (tertiary/aromatic N) is 2. The zero-order valence-electron chi connectivity index (χ0n) is 17.7. The molecule has 0 aliphatic carbocycles. The Morgan fingerprint density at radius 1 is 1.09 bits per heavy atom. The van der Waals surface area contributed by atoms with Crippen molar-refractivity contribution in [3.05, 3.63) is 22.7 Å². The number of nitrogens with two attached hydrogens (primary N) is 1. The molecule has 3 rings (SSSR count). The summed E-state index contributed by atoms with van der Waals surface area (Å²) in [5, 5.41) is 39.7. The van der Waals surface area contributed by atoms with Crippen LogP contribution in [0.5, 0.6) is 0 Å². The van der Waals surface area contributed by atoms with Gasteiger partial charge in [-0.05, 0) is 13.0 Å². The summed E-state index contributed by atoms with van der Waals surface area (Å²) in [5.74, 6) is -1.05. The summed E-state index contributed by atoms with van der Waals surface area (Å²) in [5.41, 5.74) is 4.45. The van der Waals surface area contributed by atoms with Gasteiger partial charge in [-0.3, -0.25) is 18.4 Å². The van der Waals surface area contributed by atoms with E-state index in [9.17, 15) is 48.9 Å². The predicted molar refractivity (Wildman–Crippen MR) is 108 cm³/mol. The van der Waals surface area contributed by atoms with Crippen molar-refractivity contribution in [1.82, 2.24) is 9.55 Å². The fraction of sp³-hybridized carbons (Fsp3) is 0.667. The molecule has 0 spiro atoms. The fourth-order valence-corrected chi connectivity index (χ4v) is 5.34. The van der Waals surface area contributed by atoms with Crippen LogP contribution >= 0.6 is 15.6 Å². The number of hydrogen-bond donors (Lipinski definition) is 7. The van der Waals surface area contributed by atoms with Crippen LogP contribution in [0.25, 0.3) is 0 Å². The van der Waals surface area contributed by atoms with Crippen LogP contribution in [0.15, 0.2) is 17.1 Å². The Labute approximate surface area is 195 Å². The van der Waals surface area contributed by atoms with Crippen molar-refractivity contribution in [3.8, 4) is 0 Å². The monoisotopic (exact) mass is 547 g/mol. The average molecular weight is 547 g/mol. The van der Waals surface area contributed by atoms with Gasteiger partial charge in [-0.15, -0.1) is 0 Å². The normalized spacial score (nSPS) is 37.1. The Hall–Kier alpha value is -1.63. The quantitative estimate of drug-likeness (QED) is 0.157. The topological polar surface area (TPSA) is 280 Å². The molecule has 2 saturated heterocycles. The highest BCUT2D eigenvalue weighted by atomic mass is 31.3. The van der Waals surface area contributed by atoms with Gasteiger partial charge in [0.15, 0.2) is 18.3 Å². The van der Waals surface area contributed by atoms with Crippen LogP contribution < -0.4 is 11.4 Å². The van der Waals surface area contributed by atoms with Crippen molar-refractivity contribution >= 4 is 27.2 Å².